The summed E-state index contributed by atoms with van der Waals surface area (Å²) in [6.07, 6.45) is 3.22. The van der Waals surface area contributed by atoms with Gasteiger partial charge in [-0.3, -0.25) is 14.6 Å². The molecule has 0 radical (unpaired) electrons. The van der Waals surface area contributed by atoms with Gasteiger partial charge in [-0.25, -0.2) is 0 Å². The fraction of sp³-hybridized carbons (Fsp3) is 0.533. The minimum absolute atomic E-state index is 0.250. The molecule has 0 unspecified atom stereocenters. The molecule has 0 spiro atoms. The molecule has 1 fully saturated rings. The number of aromatic nitrogens is 1. The van der Waals surface area contributed by atoms with Gasteiger partial charge in [0, 0.05) is 18.7 Å². The number of rotatable bonds is 2. The summed E-state index contributed by atoms with van der Waals surface area (Å²) in [6, 6.07) is 2.10. The number of amides is 1. The third kappa shape index (κ3) is 3.35. The molecule has 2 aliphatic rings. The minimum atomic E-state index is -0.250. The molecule has 1 aliphatic heterocycles. The highest BCUT2D eigenvalue weighted by Crippen LogP contribution is 2.34. The predicted octanol–water partition coefficient (Wildman–Crippen LogP) is 2.04. The van der Waals surface area contributed by atoms with Crippen LogP contribution in [0.3, 0.4) is 0 Å². The fourth-order valence-electron chi connectivity index (χ4n) is 2.59. The molecule has 2 heterocycles. The summed E-state index contributed by atoms with van der Waals surface area (Å²) < 4.78 is 0. The number of pyridine rings is 1. The van der Waals surface area contributed by atoms with E-state index in [1.807, 2.05) is 11.8 Å². The van der Waals surface area contributed by atoms with E-state index in [9.17, 15) is 4.79 Å². The molecule has 5 nitrogen and oxygen atoms in total. The van der Waals surface area contributed by atoms with Crippen LogP contribution in [0.1, 0.15) is 41.8 Å². The Balaban J connectivity index is 0.000000452. The molecule has 20 heavy (non-hydrogen) atoms. The molecule has 0 bridgehead atoms. The molecule has 0 saturated heterocycles. The highest BCUT2D eigenvalue weighted by molar-refractivity contribution is 5.77. The van der Waals surface area contributed by atoms with Crippen molar-refractivity contribution in [2.75, 3.05) is 0 Å². The summed E-state index contributed by atoms with van der Waals surface area (Å²) in [5.74, 6) is 0.976. The summed E-state index contributed by atoms with van der Waals surface area (Å²) in [4.78, 5) is 26.9. The van der Waals surface area contributed by atoms with Crippen molar-refractivity contribution in [2.45, 2.75) is 46.2 Å². The van der Waals surface area contributed by atoms with E-state index in [-0.39, 0.29) is 6.47 Å². The van der Waals surface area contributed by atoms with E-state index in [2.05, 4.69) is 18.0 Å². The Morgan fingerprint density at radius 2 is 2.10 bits per heavy atom. The van der Waals surface area contributed by atoms with Crippen molar-refractivity contribution in [3.63, 3.8) is 0 Å². The van der Waals surface area contributed by atoms with Crippen molar-refractivity contribution < 1.29 is 14.7 Å². The molecule has 0 atom stereocenters. The molecule has 1 amide bonds. The third-order valence-corrected chi connectivity index (χ3v) is 3.76. The van der Waals surface area contributed by atoms with E-state index in [1.54, 1.807) is 0 Å². The Kier molecular flexibility index (Phi) is 4.37. The van der Waals surface area contributed by atoms with Gasteiger partial charge in [0.15, 0.2) is 0 Å². The van der Waals surface area contributed by atoms with Gasteiger partial charge in [0.05, 0.1) is 12.2 Å². The first-order valence-electron chi connectivity index (χ1n) is 6.86. The van der Waals surface area contributed by atoms with Gasteiger partial charge in [0.25, 0.3) is 6.47 Å². The molecule has 1 aromatic rings. The maximum atomic E-state index is 12.1. The highest BCUT2D eigenvalue weighted by Gasteiger charge is 2.30. The van der Waals surface area contributed by atoms with Crippen molar-refractivity contribution in [1.82, 2.24) is 9.88 Å². The average Bonchev–Trinajstić information content (AvgIpc) is 3.06. The molecule has 1 saturated carbocycles. The van der Waals surface area contributed by atoms with Crippen LogP contribution in [0.5, 0.6) is 0 Å². The maximum Gasteiger partial charge on any atom is 0.290 e. The van der Waals surface area contributed by atoms with Crippen LogP contribution < -0.4 is 0 Å². The van der Waals surface area contributed by atoms with E-state index >= 15 is 0 Å². The lowest BCUT2D eigenvalue weighted by atomic mass is 10.1. The number of carboxylic acid groups (broad SMARTS) is 1. The monoisotopic (exact) mass is 276 g/mol. The van der Waals surface area contributed by atoms with Crippen molar-refractivity contribution >= 4 is 12.4 Å². The lowest BCUT2D eigenvalue weighted by Gasteiger charge is -2.14. The summed E-state index contributed by atoms with van der Waals surface area (Å²) in [6.45, 7) is 5.35. The van der Waals surface area contributed by atoms with E-state index in [0.29, 0.717) is 18.4 Å². The third-order valence-electron chi connectivity index (χ3n) is 3.76. The molecule has 108 valence electrons. The van der Waals surface area contributed by atoms with Crippen molar-refractivity contribution in [1.29, 1.82) is 0 Å². The zero-order chi connectivity index (χ0) is 14.7. The van der Waals surface area contributed by atoms with Gasteiger partial charge in [-0.1, -0.05) is 0 Å². The molecule has 0 aromatic carbocycles. The summed E-state index contributed by atoms with van der Waals surface area (Å²) in [7, 11) is 0. The lowest BCUT2D eigenvalue weighted by molar-refractivity contribution is -0.132. The Hall–Kier alpha value is -1.91. The second-order valence-electron chi connectivity index (χ2n) is 5.51. The SMILES string of the molecule is Cc1cc(C)c2c(n1)CN(C(=O)CC1CC1)C2.O=CO. The number of nitrogens with zero attached hydrogens (tertiary/aromatic N) is 2. The van der Waals surface area contributed by atoms with E-state index in [1.165, 1.54) is 24.0 Å². The Morgan fingerprint density at radius 3 is 2.70 bits per heavy atom. The molecule has 1 aliphatic carbocycles. The summed E-state index contributed by atoms with van der Waals surface area (Å²) in [5.41, 5.74) is 4.69. The zero-order valence-electron chi connectivity index (χ0n) is 11.9. The quantitative estimate of drug-likeness (QED) is 0.839. The largest absolute Gasteiger partial charge is 0.483 e. The molecule has 5 heteroatoms. The summed E-state index contributed by atoms with van der Waals surface area (Å²) in [5, 5.41) is 6.89. The average molecular weight is 276 g/mol. The molecular formula is C15H20N2O3. The Morgan fingerprint density at radius 1 is 1.45 bits per heavy atom. The van der Waals surface area contributed by atoms with Crippen molar-refractivity contribution in [2.24, 2.45) is 5.92 Å². The van der Waals surface area contributed by atoms with Crippen molar-refractivity contribution in [3.8, 4) is 0 Å². The smallest absolute Gasteiger partial charge is 0.290 e. The highest BCUT2D eigenvalue weighted by atomic mass is 16.3. The van der Waals surface area contributed by atoms with Crippen LogP contribution >= 0.6 is 0 Å². The van der Waals surface area contributed by atoms with E-state index < -0.39 is 0 Å². The standard InChI is InChI=1S/C14H18N2O.CH2O2/c1-9-5-10(2)15-13-8-16(7-12(9)13)14(17)6-11-3-4-11;2-1-3/h5,11H,3-4,6-8H2,1-2H3;1H,(H,2,3). The number of aryl methyl sites for hydroxylation is 2. The van der Waals surface area contributed by atoms with Gasteiger partial charge >= 0.3 is 0 Å². The van der Waals surface area contributed by atoms with Gasteiger partial charge in [-0.05, 0) is 49.8 Å². The van der Waals surface area contributed by atoms with Crippen LogP contribution in [0.2, 0.25) is 0 Å². The number of hydrogen-bond acceptors (Lipinski definition) is 3. The second kappa shape index (κ2) is 6.03. The number of hydrogen-bond donors (Lipinski definition) is 1. The zero-order valence-corrected chi connectivity index (χ0v) is 11.9. The van der Waals surface area contributed by atoms with Gasteiger partial charge in [-0.2, -0.15) is 0 Å². The van der Waals surface area contributed by atoms with E-state index in [0.717, 1.165) is 24.4 Å². The molecular weight excluding hydrogens is 256 g/mol. The predicted molar refractivity (Wildman–Crippen MR) is 74.0 cm³/mol. The van der Waals surface area contributed by atoms with Gasteiger partial charge in [0.2, 0.25) is 5.91 Å². The van der Waals surface area contributed by atoms with Crippen LogP contribution in [0.15, 0.2) is 6.07 Å². The fourth-order valence-corrected chi connectivity index (χ4v) is 2.59. The number of fused-ring (bicyclic) bond motifs is 1. The normalized spacial score (nSPS) is 16.2. The number of carbonyl (C=O) groups excluding carboxylic acids is 1. The van der Waals surface area contributed by atoms with Crippen molar-refractivity contribution in [3.05, 3.63) is 28.6 Å². The second-order valence-corrected chi connectivity index (χ2v) is 5.51. The maximum absolute atomic E-state index is 12.1. The topological polar surface area (TPSA) is 70.5 Å². The van der Waals surface area contributed by atoms with Crippen LogP contribution in [-0.2, 0) is 22.7 Å². The molecule has 1 N–H and O–H groups in total. The van der Waals surface area contributed by atoms with Gasteiger partial charge in [0.1, 0.15) is 0 Å². The van der Waals surface area contributed by atoms with Crippen LogP contribution in [-0.4, -0.2) is 27.4 Å². The van der Waals surface area contributed by atoms with Crippen LogP contribution in [0.25, 0.3) is 0 Å². The first kappa shape index (κ1) is 14.5. The molecule has 3 rings (SSSR count). The van der Waals surface area contributed by atoms with E-state index in [4.69, 9.17) is 9.90 Å². The first-order chi connectivity index (χ1) is 9.55. The van der Waals surface area contributed by atoms with Crippen LogP contribution in [0, 0.1) is 19.8 Å². The minimum Gasteiger partial charge on any atom is -0.483 e. The van der Waals surface area contributed by atoms with Crippen LogP contribution in [0.4, 0.5) is 0 Å². The van der Waals surface area contributed by atoms with Gasteiger partial charge in [-0.15, -0.1) is 0 Å². The lowest BCUT2D eigenvalue weighted by Crippen LogP contribution is -2.25. The Bertz CT molecular complexity index is 524. The Labute approximate surface area is 118 Å². The number of carbonyl (C=O) groups is 2. The summed E-state index contributed by atoms with van der Waals surface area (Å²) >= 11 is 0. The first-order valence-corrected chi connectivity index (χ1v) is 6.86. The van der Waals surface area contributed by atoms with Gasteiger partial charge < -0.3 is 10.0 Å². The molecule has 1 aromatic heterocycles.